The van der Waals surface area contributed by atoms with Crippen LogP contribution in [0.25, 0.3) is 11.4 Å². The van der Waals surface area contributed by atoms with E-state index in [1.54, 1.807) is 6.92 Å². The van der Waals surface area contributed by atoms with Gasteiger partial charge in [0.05, 0.1) is 0 Å². The lowest BCUT2D eigenvalue weighted by Gasteiger charge is -2.11. The van der Waals surface area contributed by atoms with Gasteiger partial charge in [0, 0.05) is 17.5 Å². The molecule has 0 bridgehead atoms. The summed E-state index contributed by atoms with van der Waals surface area (Å²) in [5, 5.41) is 10.8. The number of nitrogens with one attached hydrogen (secondary N) is 1. The first-order valence-corrected chi connectivity index (χ1v) is 8.81. The Bertz CT molecular complexity index is 944. The quantitative estimate of drug-likeness (QED) is 0.773. The molecule has 0 saturated carbocycles. The highest BCUT2D eigenvalue weighted by Crippen LogP contribution is 2.25. The maximum absolute atomic E-state index is 12.6. The van der Waals surface area contributed by atoms with Gasteiger partial charge in [0.25, 0.3) is 5.91 Å². The summed E-state index contributed by atoms with van der Waals surface area (Å²) in [5.74, 6) is 1.41. The van der Waals surface area contributed by atoms with Crippen molar-refractivity contribution >= 4 is 5.91 Å². The van der Waals surface area contributed by atoms with Gasteiger partial charge in [0.2, 0.25) is 11.7 Å². The van der Waals surface area contributed by atoms with Crippen molar-refractivity contribution in [1.82, 2.24) is 20.6 Å². The van der Waals surface area contributed by atoms with Crippen LogP contribution in [0, 0.1) is 6.92 Å². The van der Waals surface area contributed by atoms with Crippen molar-refractivity contribution in [1.29, 1.82) is 0 Å². The molecule has 7 nitrogen and oxygen atoms in total. The lowest BCUT2D eigenvalue weighted by Crippen LogP contribution is -2.28. The smallest absolute Gasteiger partial charge is 0.274 e. The Morgan fingerprint density at radius 1 is 1.19 bits per heavy atom. The molecule has 7 heteroatoms. The average molecular weight is 352 g/mol. The molecule has 2 heterocycles. The molecule has 1 amide bonds. The normalized spacial score (nSPS) is 14.7. The number of hydrogen-bond donors (Lipinski definition) is 1. The number of nitrogens with zero attached hydrogens (tertiary/aromatic N) is 3. The zero-order valence-electron chi connectivity index (χ0n) is 14.8. The van der Waals surface area contributed by atoms with E-state index in [0.717, 1.165) is 48.1 Å². The summed E-state index contributed by atoms with van der Waals surface area (Å²) < 4.78 is 10.6. The van der Waals surface area contributed by atoms with Crippen molar-refractivity contribution in [3.8, 4) is 11.4 Å². The van der Waals surface area contributed by atoms with Gasteiger partial charge in [-0.05, 0) is 39.2 Å². The number of hydrogen-bond acceptors (Lipinski definition) is 6. The number of amides is 1. The summed E-state index contributed by atoms with van der Waals surface area (Å²) in [6.45, 7) is 3.81. The van der Waals surface area contributed by atoms with Gasteiger partial charge < -0.3 is 14.4 Å². The fourth-order valence-electron chi connectivity index (χ4n) is 3.20. The first-order valence-electron chi connectivity index (χ1n) is 8.81. The maximum Gasteiger partial charge on any atom is 0.274 e. The van der Waals surface area contributed by atoms with E-state index in [0.29, 0.717) is 17.4 Å². The third-order valence-corrected chi connectivity index (χ3v) is 4.60. The Hall–Kier alpha value is -2.96. The van der Waals surface area contributed by atoms with Crippen LogP contribution in [0.2, 0.25) is 0 Å². The number of benzene rings is 1. The molecular formula is C19H20N4O3. The third kappa shape index (κ3) is 3.12. The first-order chi connectivity index (χ1) is 12.6. The van der Waals surface area contributed by atoms with Gasteiger partial charge in [-0.15, -0.1) is 0 Å². The predicted molar refractivity (Wildman–Crippen MR) is 93.5 cm³/mol. The topological polar surface area (TPSA) is 94.1 Å². The summed E-state index contributed by atoms with van der Waals surface area (Å²) in [5.41, 5.74) is 3.28. The van der Waals surface area contributed by atoms with Gasteiger partial charge in [0.1, 0.15) is 11.8 Å². The molecule has 26 heavy (non-hydrogen) atoms. The molecule has 0 saturated heterocycles. The standard InChI is InChI=1S/C19H20N4O3/c1-11-6-5-7-13(10-11)17-21-19(26-23-17)12(2)20-18(24)16-14-8-3-4-9-15(14)25-22-16/h5-7,10,12H,3-4,8-9H2,1-2H3,(H,20,24). The van der Waals surface area contributed by atoms with Crippen molar-refractivity contribution in [2.24, 2.45) is 0 Å². The largest absolute Gasteiger partial charge is 0.360 e. The molecule has 3 aromatic rings. The molecule has 1 unspecified atom stereocenters. The molecule has 1 atom stereocenters. The minimum absolute atomic E-state index is 0.278. The van der Waals surface area contributed by atoms with E-state index in [1.807, 2.05) is 31.2 Å². The summed E-state index contributed by atoms with van der Waals surface area (Å²) in [7, 11) is 0. The SMILES string of the molecule is Cc1cccc(-c2noc(C(C)NC(=O)c3noc4c3CCCC4)n2)c1. The number of carbonyl (C=O) groups is 1. The van der Waals surface area contributed by atoms with E-state index in [-0.39, 0.29) is 5.91 Å². The van der Waals surface area contributed by atoms with E-state index in [9.17, 15) is 4.79 Å². The Morgan fingerprint density at radius 3 is 2.88 bits per heavy atom. The number of fused-ring (bicyclic) bond motifs is 1. The molecule has 0 radical (unpaired) electrons. The molecule has 134 valence electrons. The summed E-state index contributed by atoms with van der Waals surface area (Å²) >= 11 is 0. The predicted octanol–water partition coefficient (Wildman–Crippen LogP) is 3.40. The Kier molecular flexibility index (Phi) is 4.28. The van der Waals surface area contributed by atoms with Crippen LogP contribution < -0.4 is 5.32 Å². The van der Waals surface area contributed by atoms with Crippen molar-refractivity contribution in [3.05, 3.63) is 52.7 Å². The number of rotatable bonds is 4. The van der Waals surface area contributed by atoms with Crippen LogP contribution in [-0.2, 0) is 12.8 Å². The third-order valence-electron chi connectivity index (χ3n) is 4.60. The molecule has 2 aromatic heterocycles. The van der Waals surface area contributed by atoms with Gasteiger partial charge >= 0.3 is 0 Å². The van der Waals surface area contributed by atoms with E-state index in [2.05, 4.69) is 20.6 Å². The van der Waals surface area contributed by atoms with Gasteiger partial charge in [-0.25, -0.2) is 0 Å². The van der Waals surface area contributed by atoms with Crippen molar-refractivity contribution in [2.45, 2.75) is 45.6 Å². The first kappa shape index (κ1) is 16.5. The van der Waals surface area contributed by atoms with Crippen molar-refractivity contribution in [3.63, 3.8) is 0 Å². The van der Waals surface area contributed by atoms with Crippen LogP contribution in [-0.4, -0.2) is 21.2 Å². The van der Waals surface area contributed by atoms with E-state index < -0.39 is 6.04 Å². The Labute approximate surface area is 150 Å². The van der Waals surface area contributed by atoms with Gasteiger partial charge in [-0.2, -0.15) is 4.98 Å². The van der Waals surface area contributed by atoms with Crippen LogP contribution in [0.4, 0.5) is 0 Å². The fourth-order valence-corrected chi connectivity index (χ4v) is 3.20. The monoisotopic (exact) mass is 352 g/mol. The molecule has 1 aliphatic carbocycles. The van der Waals surface area contributed by atoms with Gasteiger partial charge in [-0.1, -0.05) is 34.1 Å². The molecule has 0 fully saturated rings. The van der Waals surface area contributed by atoms with Crippen LogP contribution in [0.1, 0.15) is 59.1 Å². The highest BCUT2D eigenvalue weighted by molar-refractivity contribution is 5.94. The van der Waals surface area contributed by atoms with Gasteiger partial charge in [-0.3, -0.25) is 4.79 Å². The van der Waals surface area contributed by atoms with E-state index in [1.165, 1.54) is 0 Å². The Balaban J connectivity index is 1.49. The second kappa shape index (κ2) is 6.74. The average Bonchev–Trinajstić information content (AvgIpc) is 3.29. The number of aromatic nitrogens is 3. The van der Waals surface area contributed by atoms with Crippen molar-refractivity contribution < 1.29 is 13.8 Å². The summed E-state index contributed by atoms with van der Waals surface area (Å²) in [6.07, 6.45) is 3.79. The molecule has 1 aromatic carbocycles. The second-order valence-corrected chi connectivity index (χ2v) is 6.66. The second-order valence-electron chi connectivity index (χ2n) is 6.66. The zero-order valence-corrected chi connectivity index (χ0v) is 14.8. The molecule has 0 spiro atoms. The minimum atomic E-state index is -0.426. The highest BCUT2D eigenvalue weighted by atomic mass is 16.5. The van der Waals surface area contributed by atoms with E-state index in [4.69, 9.17) is 9.05 Å². The van der Waals surface area contributed by atoms with Crippen molar-refractivity contribution in [2.75, 3.05) is 0 Å². The van der Waals surface area contributed by atoms with Crippen LogP contribution >= 0.6 is 0 Å². The number of aryl methyl sites for hydroxylation is 2. The van der Waals surface area contributed by atoms with Crippen LogP contribution in [0.5, 0.6) is 0 Å². The van der Waals surface area contributed by atoms with E-state index >= 15 is 0 Å². The molecule has 1 aliphatic rings. The molecule has 4 rings (SSSR count). The molecular weight excluding hydrogens is 332 g/mol. The lowest BCUT2D eigenvalue weighted by molar-refractivity contribution is 0.0922. The fraction of sp³-hybridized carbons (Fsp3) is 0.368. The zero-order chi connectivity index (χ0) is 18.1. The summed E-state index contributed by atoms with van der Waals surface area (Å²) in [6, 6.07) is 7.43. The molecule has 0 aliphatic heterocycles. The highest BCUT2D eigenvalue weighted by Gasteiger charge is 2.26. The van der Waals surface area contributed by atoms with Crippen LogP contribution in [0.3, 0.4) is 0 Å². The minimum Gasteiger partial charge on any atom is -0.360 e. The maximum atomic E-state index is 12.6. The molecule has 1 N–H and O–H groups in total. The van der Waals surface area contributed by atoms with Gasteiger partial charge in [0.15, 0.2) is 5.69 Å². The Morgan fingerprint density at radius 2 is 2.04 bits per heavy atom. The summed E-state index contributed by atoms with van der Waals surface area (Å²) in [4.78, 5) is 17.0. The van der Waals surface area contributed by atoms with Crippen LogP contribution in [0.15, 0.2) is 33.3 Å². The lowest BCUT2D eigenvalue weighted by atomic mass is 9.96. The number of carbonyl (C=O) groups excluding carboxylic acids is 1.